The summed E-state index contributed by atoms with van der Waals surface area (Å²) in [6.07, 6.45) is 0.866. The van der Waals surface area contributed by atoms with Gasteiger partial charge >= 0.3 is 58.4 Å². The smallest absolute Gasteiger partial charge is 0.445 e. The molecule has 0 N–H and O–H groups in total. The second-order valence-electron chi connectivity index (χ2n) is 2.77. The third kappa shape index (κ3) is 5.78. The topological polar surface area (TPSA) is 0 Å². The van der Waals surface area contributed by atoms with Crippen LogP contribution in [0.25, 0.3) is 6.08 Å². The van der Waals surface area contributed by atoms with Crippen LogP contribution in [0.15, 0.2) is 18.1 Å². The Morgan fingerprint density at radius 3 is 1.94 bits per heavy atom. The summed E-state index contributed by atoms with van der Waals surface area (Å²) in [4.78, 5) is 0. The Kier molecular flexibility index (Phi) is 7.63. The van der Waals surface area contributed by atoms with Gasteiger partial charge in [0.2, 0.25) is 0 Å². The second kappa shape index (κ2) is 7.04. The summed E-state index contributed by atoms with van der Waals surface area (Å²) in [5, 5.41) is 0.493. The summed E-state index contributed by atoms with van der Waals surface area (Å²) in [6.45, 7) is -4.98. The minimum atomic E-state index is -4.98. The van der Waals surface area contributed by atoms with Crippen molar-refractivity contribution in [1.82, 2.24) is 0 Å². The number of benzene rings is 1. The van der Waals surface area contributed by atoms with Gasteiger partial charge < -0.3 is 12.9 Å². The van der Waals surface area contributed by atoms with Crippen molar-refractivity contribution in [3.63, 3.8) is 0 Å². The first kappa shape index (κ1) is 17.3. The Morgan fingerprint density at radius 2 is 1.44 bits per heavy atom. The molecule has 0 radical (unpaired) electrons. The molecule has 1 aromatic rings. The zero-order valence-corrected chi connectivity index (χ0v) is 13.5. The Labute approximate surface area is 149 Å². The molecule has 0 aliphatic carbocycles. The molecule has 82 valence electrons. The van der Waals surface area contributed by atoms with Gasteiger partial charge in [0, 0.05) is 5.02 Å². The summed E-state index contributed by atoms with van der Waals surface area (Å²) in [5.74, 6) is 0.144. The average molecular weight is 313 g/mol. The Hall–Kier alpha value is 1.32. The molecule has 0 nitrogen and oxygen atoms in total. The van der Waals surface area contributed by atoms with E-state index in [2.05, 4.69) is 0 Å². The van der Waals surface area contributed by atoms with Crippen molar-refractivity contribution in [3.05, 3.63) is 38.7 Å². The van der Waals surface area contributed by atoms with Gasteiger partial charge in [0.25, 0.3) is 0 Å². The molecular formula is C8H4BCl3F3K. The molecular weight excluding hydrogens is 309 g/mol. The first-order valence-corrected chi connectivity index (χ1v) is 4.97. The van der Waals surface area contributed by atoms with Crippen molar-refractivity contribution in [2.24, 2.45) is 0 Å². The third-order valence-corrected chi connectivity index (χ3v) is 2.58. The normalized spacial score (nSPS) is 11.6. The Morgan fingerprint density at radius 1 is 0.938 bits per heavy atom. The van der Waals surface area contributed by atoms with Crippen molar-refractivity contribution in [2.75, 3.05) is 0 Å². The molecule has 0 aliphatic rings. The van der Waals surface area contributed by atoms with Crippen molar-refractivity contribution in [1.29, 1.82) is 0 Å². The van der Waals surface area contributed by atoms with Gasteiger partial charge in [-0.15, -0.1) is 5.98 Å². The van der Waals surface area contributed by atoms with E-state index < -0.39 is 6.98 Å². The van der Waals surface area contributed by atoms with Gasteiger partial charge in [-0.2, -0.15) is 0 Å². The first-order chi connectivity index (χ1) is 6.79. The molecule has 16 heavy (non-hydrogen) atoms. The number of hydrogen-bond acceptors (Lipinski definition) is 0. The fraction of sp³-hybridized carbons (Fsp3) is 0. The monoisotopic (exact) mass is 312 g/mol. The molecule has 0 aromatic heterocycles. The summed E-state index contributed by atoms with van der Waals surface area (Å²) in [6, 6.07) is 2.58. The molecule has 0 spiro atoms. The van der Waals surface area contributed by atoms with Gasteiger partial charge in [0.05, 0.1) is 10.0 Å². The van der Waals surface area contributed by atoms with E-state index in [1.165, 1.54) is 12.1 Å². The maximum atomic E-state index is 11.9. The van der Waals surface area contributed by atoms with Crippen molar-refractivity contribution in [2.45, 2.75) is 0 Å². The Balaban J connectivity index is 0.00000225. The van der Waals surface area contributed by atoms with E-state index in [1.54, 1.807) is 0 Å². The number of hydrogen-bond donors (Lipinski definition) is 0. The van der Waals surface area contributed by atoms with Gasteiger partial charge in [0.1, 0.15) is 0 Å². The van der Waals surface area contributed by atoms with E-state index in [9.17, 15) is 12.9 Å². The van der Waals surface area contributed by atoms with Gasteiger partial charge in [-0.25, -0.2) is 0 Å². The first-order valence-electron chi connectivity index (χ1n) is 3.83. The van der Waals surface area contributed by atoms with Crippen LogP contribution in [0.4, 0.5) is 12.9 Å². The molecule has 0 amide bonds. The molecule has 0 saturated carbocycles. The number of halogens is 6. The van der Waals surface area contributed by atoms with Crippen LogP contribution in [0.2, 0.25) is 15.1 Å². The van der Waals surface area contributed by atoms with Crippen molar-refractivity contribution < 1.29 is 64.3 Å². The van der Waals surface area contributed by atoms with Crippen molar-refractivity contribution in [3.8, 4) is 0 Å². The van der Waals surface area contributed by atoms with Gasteiger partial charge in [-0.1, -0.05) is 40.9 Å². The van der Waals surface area contributed by atoms with E-state index in [0.717, 1.165) is 6.08 Å². The largest absolute Gasteiger partial charge is 1.00 e. The molecule has 0 unspecified atom stereocenters. The predicted molar refractivity (Wildman–Crippen MR) is 59.6 cm³/mol. The van der Waals surface area contributed by atoms with Crippen LogP contribution in [-0.4, -0.2) is 6.98 Å². The fourth-order valence-electron chi connectivity index (χ4n) is 0.878. The minimum Gasteiger partial charge on any atom is -0.445 e. The molecule has 0 bridgehead atoms. The molecule has 8 heteroatoms. The van der Waals surface area contributed by atoms with Crippen LogP contribution in [0, 0.1) is 0 Å². The van der Waals surface area contributed by atoms with E-state index in [-0.39, 0.29) is 78.0 Å². The van der Waals surface area contributed by atoms with Crippen LogP contribution >= 0.6 is 34.8 Å². The SMILES string of the molecule is F[B-](F)(F)/C=C/c1cc(Cl)c(Cl)cc1Cl.[K+]. The van der Waals surface area contributed by atoms with E-state index in [1.807, 2.05) is 0 Å². The molecule has 0 saturated heterocycles. The summed E-state index contributed by atoms with van der Waals surface area (Å²) >= 11 is 16.9. The predicted octanol–water partition coefficient (Wildman–Crippen LogP) is 2.05. The maximum Gasteiger partial charge on any atom is 1.00 e. The molecule has 1 rings (SSSR count). The number of rotatable bonds is 2. The Bertz CT molecular complexity index is 406. The maximum absolute atomic E-state index is 11.9. The third-order valence-electron chi connectivity index (χ3n) is 1.53. The van der Waals surface area contributed by atoms with Crippen LogP contribution < -0.4 is 51.4 Å². The van der Waals surface area contributed by atoms with Crippen LogP contribution in [-0.2, 0) is 0 Å². The van der Waals surface area contributed by atoms with E-state index in [0.29, 0.717) is 0 Å². The molecule has 0 fully saturated rings. The zero-order chi connectivity index (χ0) is 11.6. The fourth-order valence-corrected chi connectivity index (χ4v) is 1.50. The zero-order valence-electron chi connectivity index (χ0n) is 8.15. The minimum absolute atomic E-state index is 0. The van der Waals surface area contributed by atoms with Gasteiger partial charge in [0.15, 0.2) is 0 Å². The summed E-state index contributed by atoms with van der Waals surface area (Å²) < 4.78 is 35.8. The van der Waals surface area contributed by atoms with Crippen LogP contribution in [0.5, 0.6) is 0 Å². The summed E-state index contributed by atoms with van der Waals surface area (Å²) in [5.41, 5.74) is 0.185. The standard InChI is InChI=1S/C8H4BCl3F3.K/c10-6-4-8(12)7(11)3-5(6)1-2-9(13,14)15;/h1-4H;/q-1;+1/b2-1+;. The van der Waals surface area contributed by atoms with E-state index in [4.69, 9.17) is 34.8 Å². The molecule has 1 aromatic carbocycles. The van der Waals surface area contributed by atoms with Gasteiger partial charge in [-0.05, 0) is 17.7 Å². The van der Waals surface area contributed by atoms with Crippen LogP contribution in [0.1, 0.15) is 5.56 Å². The molecule has 0 aliphatic heterocycles. The van der Waals surface area contributed by atoms with E-state index >= 15 is 0 Å². The van der Waals surface area contributed by atoms with Gasteiger partial charge in [-0.3, -0.25) is 0 Å². The van der Waals surface area contributed by atoms with Crippen LogP contribution in [0.3, 0.4) is 0 Å². The average Bonchev–Trinajstić information content (AvgIpc) is 2.07. The molecule has 0 heterocycles. The quantitative estimate of drug-likeness (QED) is 0.579. The van der Waals surface area contributed by atoms with Crippen molar-refractivity contribution >= 4 is 47.9 Å². The second-order valence-corrected chi connectivity index (χ2v) is 3.99. The summed E-state index contributed by atoms with van der Waals surface area (Å²) in [7, 11) is 0. The molecule has 0 atom stereocenters.